The molecule has 0 aliphatic carbocycles. The number of nitrogens with one attached hydrogen (secondary N) is 2. The van der Waals surface area contributed by atoms with E-state index in [1.54, 1.807) is 36.2 Å². The number of hydrogen-bond acceptors (Lipinski definition) is 3. The number of para-hydroxylation sites is 1. The van der Waals surface area contributed by atoms with E-state index in [1.165, 1.54) is 6.08 Å². The zero-order valence-corrected chi connectivity index (χ0v) is 18.6. The molecule has 0 aliphatic rings. The number of nitrogens with zero attached hydrogens (tertiary/aromatic N) is 1. The van der Waals surface area contributed by atoms with Crippen LogP contribution >= 0.6 is 12.2 Å². The lowest BCUT2D eigenvalue weighted by molar-refractivity contribution is -0.115. The predicted octanol–water partition coefficient (Wildman–Crippen LogP) is 4.21. The average Bonchev–Trinajstić information content (AvgIpc) is 2.83. The maximum absolute atomic E-state index is 12.8. The van der Waals surface area contributed by atoms with Crippen molar-refractivity contribution in [3.05, 3.63) is 108 Å². The normalized spacial score (nSPS) is 10.5. The van der Waals surface area contributed by atoms with E-state index in [1.807, 2.05) is 66.7 Å². The molecule has 2 amide bonds. The molecule has 0 spiro atoms. The number of amides is 2. The highest BCUT2D eigenvalue weighted by atomic mass is 32.1. The first kappa shape index (κ1) is 22.9. The van der Waals surface area contributed by atoms with Crippen molar-refractivity contribution in [3.8, 4) is 0 Å². The molecule has 0 heterocycles. The molecule has 0 aromatic heterocycles. The summed E-state index contributed by atoms with van der Waals surface area (Å²) < 4.78 is 0. The molecule has 0 saturated heterocycles. The van der Waals surface area contributed by atoms with E-state index in [2.05, 4.69) is 10.6 Å². The lowest BCUT2D eigenvalue weighted by atomic mass is 10.1. The number of hydrogen-bond donors (Lipinski definition) is 2. The van der Waals surface area contributed by atoms with Gasteiger partial charge in [-0.25, -0.2) is 0 Å². The minimum Gasteiger partial charge on any atom is -0.352 e. The lowest BCUT2D eigenvalue weighted by Gasteiger charge is -2.22. The fourth-order valence-electron chi connectivity index (χ4n) is 3.09. The van der Waals surface area contributed by atoms with Gasteiger partial charge in [-0.1, -0.05) is 72.8 Å². The second kappa shape index (κ2) is 11.6. The van der Waals surface area contributed by atoms with Gasteiger partial charge in [0.1, 0.15) is 0 Å². The van der Waals surface area contributed by atoms with Crippen LogP contribution in [0.25, 0.3) is 6.08 Å². The van der Waals surface area contributed by atoms with Crippen LogP contribution in [0.5, 0.6) is 0 Å². The number of carbonyl (C=O) groups is 2. The fourth-order valence-corrected chi connectivity index (χ4v) is 3.29. The monoisotopic (exact) mass is 443 g/mol. The molecule has 0 fully saturated rings. The molecule has 32 heavy (non-hydrogen) atoms. The smallest absolute Gasteiger partial charge is 0.253 e. The van der Waals surface area contributed by atoms with Gasteiger partial charge in [-0.05, 0) is 48.0 Å². The largest absolute Gasteiger partial charge is 0.352 e. The van der Waals surface area contributed by atoms with Gasteiger partial charge < -0.3 is 10.2 Å². The van der Waals surface area contributed by atoms with E-state index >= 15 is 0 Å². The van der Waals surface area contributed by atoms with Crippen molar-refractivity contribution in [1.82, 2.24) is 10.6 Å². The van der Waals surface area contributed by atoms with Crippen LogP contribution in [0.15, 0.2) is 91.0 Å². The van der Waals surface area contributed by atoms with Gasteiger partial charge in [-0.15, -0.1) is 0 Å². The van der Waals surface area contributed by atoms with Gasteiger partial charge in [0.05, 0.1) is 11.3 Å². The van der Waals surface area contributed by atoms with Gasteiger partial charge in [0.25, 0.3) is 5.91 Å². The van der Waals surface area contributed by atoms with Gasteiger partial charge >= 0.3 is 0 Å². The summed E-state index contributed by atoms with van der Waals surface area (Å²) in [6.07, 6.45) is 3.89. The Hall–Kier alpha value is -3.77. The summed E-state index contributed by atoms with van der Waals surface area (Å²) in [7, 11) is 1.72. The van der Waals surface area contributed by atoms with Crippen molar-refractivity contribution < 1.29 is 9.59 Å². The molecule has 6 heteroatoms. The summed E-state index contributed by atoms with van der Waals surface area (Å²) in [5, 5.41) is 5.84. The van der Waals surface area contributed by atoms with Crippen LogP contribution in [-0.2, 0) is 11.2 Å². The van der Waals surface area contributed by atoms with Crippen molar-refractivity contribution in [2.24, 2.45) is 0 Å². The summed E-state index contributed by atoms with van der Waals surface area (Å²) in [5.41, 5.74) is 3.17. The van der Waals surface area contributed by atoms with Crippen LogP contribution in [0.3, 0.4) is 0 Å². The third-order valence-electron chi connectivity index (χ3n) is 4.81. The number of rotatable bonds is 7. The van der Waals surface area contributed by atoms with Gasteiger partial charge in [-0.2, -0.15) is 0 Å². The molecule has 0 saturated carbocycles. The molecule has 3 rings (SSSR count). The Bertz CT molecular complexity index is 1100. The summed E-state index contributed by atoms with van der Waals surface area (Å²) in [6.45, 7) is 0.520. The van der Waals surface area contributed by atoms with Crippen molar-refractivity contribution in [2.75, 3.05) is 18.5 Å². The highest BCUT2D eigenvalue weighted by Crippen LogP contribution is 2.19. The summed E-state index contributed by atoms with van der Waals surface area (Å²) >= 11 is 5.39. The second-order valence-electron chi connectivity index (χ2n) is 7.11. The molecular weight excluding hydrogens is 418 g/mol. The Balaban J connectivity index is 1.60. The van der Waals surface area contributed by atoms with E-state index < -0.39 is 0 Å². The maximum atomic E-state index is 12.8. The van der Waals surface area contributed by atoms with Gasteiger partial charge in [0.2, 0.25) is 5.91 Å². The standard InChI is InChI=1S/C26H25N3O2S/c1-29(26(32)28-24(30)17-16-20-10-4-2-5-11-20)23-15-9-8-14-22(23)25(31)27-19-18-21-12-6-3-7-13-21/h2-17H,18-19H2,1H3,(H,27,31)(H,28,30,32)/b17-16+. The molecule has 0 radical (unpaired) electrons. The van der Waals surface area contributed by atoms with Crippen molar-refractivity contribution in [2.45, 2.75) is 6.42 Å². The second-order valence-corrected chi connectivity index (χ2v) is 7.49. The number of thiocarbonyl (C=S) groups is 1. The molecule has 162 valence electrons. The first-order chi connectivity index (χ1) is 15.5. The third-order valence-corrected chi connectivity index (χ3v) is 5.19. The summed E-state index contributed by atoms with van der Waals surface area (Å²) in [5.74, 6) is -0.531. The molecule has 5 nitrogen and oxygen atoms in total. The fraction of sp³-hybridized carbons (Fsp3) is 0.115. The first-order valence-corrected chi connectivity index (χ1v) is 10.7. The van der Waals surface area contributed by atoms with Crippen molar-refractivity contribution in [1.29, 1.82) is 0 Å². The number of carbonyl (C=O) groups excluding carboxylic acids is 2. The molecule has 3 aromatic carbocycles. The van der Waals surface area contributed by atoms with Gasteiger partial charge in [0.15, 0.2) is 5.11 Å². The molecule has 0 aliphatic heterocycles. The molecular formula is C26H25N3O2S. The van der Waals surface area contributed by atoms with E-state index in [9.17, 15) is 9.59 Å². The Morgan fingerprint density at radius 1 is 0.906 bits per heavy atom. The molecule has 2 N–H and O–H groups in total. The van der Waals surface area contributed by atoms with Gasteiger partial charge in [0, 0.05) is 19.7 Å². The van der Waals surface area contributed by atoms with E-state index in [-0.39, 0.29) is 16.9 Å². The highest BCUT2D eigenvalue weighted by molar-refractivity contribution is 7.80. The molecule has 0 bridgehead atoms. The summed E-state index contributed by atoms with van der Waals surface area (Å²) in [4.78, 5) is 26.7. The topological polar surface area (TPSA) is 61.4 Å². The van der Waals surface area contributed by atoms with Crippen LogP contribution < -0.4 is 15.5 Å². The molecule has 0 atom stereocenters. The Kier molecular flexibility index (Phi) is 8.29. The van der Waals surface area contributed by atoms with Crippen LogP contribution in [-0.4, -0.2) is 30.5 Å². The van der Waals surface area contributed by atoms with E-state index in [4.69, 9.17) is 12.2 Å². The van der Waals surface area contributed by atoms with Crippen molar-refractivity contribution >= 4 is 40.9 Å². The van der Waals surface area contributed by atoms with Crippen molar-refractivity contribution in [3.63, 3.8) is 0 Å². The van der Waals surface area contributed by atoms with Crippen LogP contribution in [0.4, 0.5) is 5.69 Å². The Labute approximate surface area is 193 Å². The SMILES string of the molecule is CN(C(=S)NC(=O)/C=C/c1ccccc1)c1ccccc1C(=O)NCCc1ccccc1. The third kappa shape index (κ3) is 6.62. The number of anilines is 1. The van der Waals surface area contributed by atoms with E-state index in [0.29, 0.717) is 17.8 Å². The first-order valence-electron chi connectivity index (χ1n) is 10.3. The molecule has 3 aromatic rings. The number of benzene rings is 3. The zero-order valence-electron chi connectivity index (χ0n) is 17.8. The highest BCUT2D eigenvalue weighted by Gasteiger charge is 2.17. The van der Waals surface area contributed by atoms with Gasteiger partial charge in [-0.3, -0.25) is 14.9 Å². The zero-order chi connectivity index (χ0) is 22.8. The average molecular weight is 444 g/mol. The minimum atomic E-state index is -0.338. The lowest BCUT2D eigenvalue weighted by Crippen LogP contribution is -2.41. The maximum Gasteiger partial charge on any atom is 0.253 e. The van der Waals surface area contributed by atoms with Crippen LogP contribution in [0, 0.1) is 0 Å². The van der Waals surface area contributed by atoms with Crippen LogP contribution in [0.2, 0.25) is 0 Å². The van der Waals surface area contributed by atoms with Crippen LogP contribution in [0.1, 0.15) is 21.5 Å². The summed E-state index contributed by atoms with van der Waals surface area (Å²) in [6, 6.07) is 26.7. The van der Waals surface area contributed by atoms with E-state index in [0.717, 1.165) is 17.5 Å². The quantitative estimate of drug-likeness (QED) is 0.424. The minimum absolute atomic E-state index is 0.193. The Morgan fingerprint density at radius 2 is 1.53 bits per heavy atom. The predicted molar refractivity (Wildman–Crippen MR) is 134 cm³/mol. The molecule has 0 unspecified atom stereocenters. The Morgan fingerprint density at radius 3 is 2.25 bits per heavy atom.